The van der Waals surface area contributed by atoms with Crippen molar-refractivity contribution in [1.82, 2.24) is 0 Å². The van der Waals surface area contributed by atoms with Crippen LogP contribution >= 0.6 is 0 Å². The predicted octanol–water partition coefficient (Wildman–Crippen LogP) is 2.08. The van der Waals surface area contributed by atoms with Gasteiger partial charge >= 0.3 is 35.5 Å². The summed E-state index contributed by atoms with van der Waals surface area (Å²) in [4.78, 5) is 11.3. The van der Waals surface area contributed by atoms with Crippen LogP contribution in [0.1, 0.15) is 66.6 Å². The summed E-state index contributed by atoms with van der Waals surface area (Å²) < 4.78 is 0. The summed E-state index contributed by atoms with van der Waals surface area (Å²) in [7, 11) is 0. The third kappa shape index (κ3) is 2.60. The molecule has 5 atom stereocenters. The molecule has 2 nitrogen and oxygen atoms in total. The summed E-state index contributed by atoms with van der Waals surface area (Å²) in [5.41, 5.74) is 2.77. The molecule has 0 aliphatic heterocycles. The van der Waals surface area contributed by atoms with Gasteiger partial charge in [0, 0.05) is 5.57 Å². The van der Waals surface area contributed by atoms with E-state index in [-0.39, 0.29) is 36.4 Å². The summed E-state index contributed by atoms with van der Waals surface area (Å²) in [5.74, 6) is 1.80. The predicted molar refractivity (Wildman–Crippen MR) is 88.5 cm³/mol. The topological polar surface area (TPSA) is 37.3 Å². The van der Waals surface area contributed by atoms with Gasteiger partial charge in [0.2, 0.25) is 0 Å². The summed E-state index contributed by atoms with van der Waals surface area (Å²) in [6, 6.07) is 0. The average molecular weight is 324 g/mol. The third-order valence-corrected chi connectivity index (χ3v) is 7.82. The minimum absolute atomic E-state index is 0. The first kappa shape index (κ1) is 17.8. The number of fused-ring (bicyclic) bond motifs is 5. The van der Waals surface area contributed by atoms with Crippen molar-refractivity contribution in [2.24, 2.45) is 28.6 Å². The molecule has 23 heavy (non-hydrogen) atoms. The van der Waals surface area contributed by atoms with Crippen LogP contribution in [-0.4, -0.2) is 11.1 Å². The van der Waals surface area contributed by atoms with Crippen molar-refractivity contribution < 1.29 is 40.9 Å². The molecule has 3 heteroatoms. The fraction of sp³-hybridized carbons (Fsp3) is 0.750. The van der Waals surface area contributed by atoms with Gasteiger partial charge < -0.3 is 6.53 Å². The SMILES string of the molecule is C[C@@]12CCC[C@H]1[C@@H]1CC=C3C=C(C(=O)O)CC[C@]3(C)[C@H]1CC2.[H-].[Na+]. The Morgan fingerprint density at radius 2 is 2.00 bits per heavy atom. The zero-order chi connectivity index (χ0) is 15.5. The van der Waals surface area contributed by atoms with E-state index in [4.69, 9.17) is 0 Å². The van der Waals surface area contributed by atoms with Crippen LogP contribution in [0.5, 0.6) is 0 Å². The molecule has 1 N–H and O–H groups in total. The van der Waals surface area contributed by atoms with Crippen molar-refractivity contribution in [2.75, 3.05) is 0 Å². The van der Waals surface area contributed by atoms with E-state index < -0.39 is 5.97 Å². The van der Waals surface area contributed by atoms with Crippen LogP contribution in [0.2, 0.25) is 0 Å². The van der Waals surface area contributed by atoms with Gasteiger partial charge in [0.15, 0.2) is 0 Å². The van der Waals surface area contributed by atoms with Crippen molar-refractivity contribution in [1.29, 1.82) is 0 Å². The van der Waals surface area contributed by atoms with Crippen molar-refractivity contribution in [3.8, 4) is 0 Å². The molecule has 0 unspecified atom stereocenters. The normalized spacial score (nSPS) is 44.9. The number of carboxylic acids is 1. The number of allylic oxidation sites excluding steroid dienone is 3. The molecule has 4 aliphatic rings. The summed E-state index contributed by atoms with van der Waals surface area (Å²) in [6.07, 6.45) is 14.4. The van der Waals surface area contributed by atoms with E-state index >= 15 is 0 Å². The third-order valence-electron chi connectivity index (χ3n) is 7.82. The average Bonchev–Trinajstić information content (AvgIpc) is 2.88. The number of rotatable bonds is 1. The first-order valence-corrected chi connectivity index (χ1v) is 9.08. The molecule has 0 spiro atoms. The molecular formula is C20H29NaO2. The van der Waals surface area contributed by atoms with Crippen molar-refractivity contribution >= 4 is 5.97 Å². The van der Waals surface area contributed by atoms with Gasteiger partial charge in [-0.3, -0.25) is 0 Å². The molecule has 2 saturated carbocycles. The van der Waals surface area contributed by atoms with E-state index in [1.807, 2.05) is 6.08 Å². The van der Waals surface area contributed by atoms with Crippen LogP contribution in [0.15, 0.2) is 23.3 Å². The smallest absolute Gasteiger partial charge is 1.00 e. The zero-order valence-electron chi connectivity index (χ0n) is 15.9. The molecule has 4 rings (SSSR count). The van der Waals surface area contributed by atoms with Crippen LogP contribution in [-0.2, 0) is 4.79 Å². The van der Waals surface area contributed by atoms with E-state index in [0.717, 1.165) is 30.6 Å². The summed E-state index contributed by atoms with van der Waals surface area (Å²) in [5, 5.41) is 9.31. The van der Waals surface area contributed by atoms with Gasteiger partial charge in [0.25, 0.3) is 0 Å². The van der Waals surface area contributed by atoms with Crippen molar-refractivity contribution in [3.05, 3.63) is 23.3 Å². The van der Waals surface area contributed by atoms with Gasteiger partial charge in [-0.05, 0) is 85.2 Å². The van der Waals surface area contributed by atoms with Crippen LogP contribution in [0.4, 0.5) is 0 Å². The van der Waals surface area contributed by atoms with Gasteiger partial charge in [-0.25, -0.2) is 4.79 Å². The molecule has 0 aromatic heterocycles. The Hall–Kier alpha value is -0.0500. The number of carbonyl (C=O) groups is 1. The minimum atomic E-state index is -0.725. The largest absolute Gasteiger partial charge is 1.00 e. The molecule has 0 heterocycles. The number of aliphatic carboxylic acids is 1. The molecule has 0 bridgehead atoms. The van der Waals surface area contributed by atoms with Crippen LogP contribution in [0, 0.1) is 28.6 Å². The number of hydrogen-bond donors (Lipinski definition) is 1. The van der Waals surface area contributed by atoms with E-state index in [9.17, 15) is 9.90 Å². The van der Waals surface area contributed by atoms with E-state index in [1.165, 1.54) is 44.1 Å². The Morgan fingerprint density at radius 3 is 2.74 bits per heavy atom. The maximum atomic E-state index is 11.3. The second-order valence-electron chi connectivity index (χ2n) is 8.75. The van der Waals surface area contributed by atoms with E-state index in [2.05, 4.69) is 19.9 Å². The second kappa shape index (κ2) is 6.04. The second-order valence-corrected chi connectivity index (χ2v) is 8.75. The molecule has 4 aliphatic carbocycles. The molecule has 2 fully saturated rings. The molecular weight excluding hydrogens is 295 g/mol. The van der Waals surface area contributed by atoms with Gasteiger partial charge in [-0.15, -0.1) is 0 Å². The monoisotopic (exact) mass is 324 g/mol. The summed E-state index contributed by atoms with van der Waals surface area (Å²) >= 11 is 0. The van der Waals surface area contributed by atoms with Crippen LogP contribution < -0.4 is 29.6 Å². The Balaban J connectivity index is 0.00000104. The fourth-order valence-corrected chi connectivity index (χ4v) is 6.49. The van der Waals surface area contributed by atoms with Crippen LogP contribution in [0.25, 0.3) is 0 Å². The van der Waals surface area contributed by atoms with Crippen LogP contribution in [0.3, 0.4) is 0 Å². The summed E-state index contributed by atoms with van der Waals surface area (Å²) in [6.45, 7) is 4.95. The Bertz CT molecular complexity index is 584. The minimum Gasteiger partial charge on any atom is -1.00 e. The van der Waals surface area contributed by atoms with E-state index in [0.29, 0.717) is 11.0 Å². The van der Waals surface area contributed by atoms with Crippen molar-refractivity contribution in [2.45, 2.75) is 65.2 Å². The first-order chi connectivity index (χ1) is 10.4. The Kier molecular flexibility index (Phi) is 4.66. The molecule has 0 saturated heterocycles. The van der Waals surface area contributed by atoms with Gasteiger partial charge in [-0.2, -0.15) is 0 Å². The molecule has 0 amide bonds. The maximum Gasteiger partial charge on any atom is 1.00 e. The van der Waals surface area contributed by atoms with Gasteiger partial charge in [0.05, 0.1) is 0 Å². The zero-order valence-corrected chi connectivity index (χ0v) is 16.9. The number of carboxylic acid groups (broad SMARTS) is 1. The Labute approximate surface area is 163 Å². The van der Waals surface area contributed by atoms with E-state index in [1.54, 1.807) is 0 Å². The standard InChI is InChI=1S/C20H28O2.Na.H/c1-19-9-3-4-16(19)15-6-5-14-12-13(18(21)22)7-11-20(14,2)17(15)8-10-19;;/h5,12,15-17H,3-4,6-11H2,1-2H3,(H,21,22);;/q;+1;-1/t15-,16-,17-,19-,20-;;/m0../s1. The molecule has 122 valence electrons. The molecule has 0 aromatic carbocycles. The fourth-order valence-electron chi connectivity index (χ4n) is 6.49. The van der Waals surface area contributed by atoms with Gasteiger partial charge in [-0.1, -0.05) is 26.3 Å². The quantitative estimate of drug-likeness (QED) is 0.750. The maximum absolute atomic E-state index is 11.3. The molecule has 0 radical (unpaired) electrons. The Morgan fingerprint density at radius 1 is 1.22 bits per heavy atom. The first-order valence-electron chi connectivity index (χ1n) is 9.08. The molecule has 0 aromatic rings. The number of hydrogen-bond acceptors (Lipinski definition) is 1. The van der Waals surface area contributed by atoms with Gasteiger partial charge in [0.1, 0.15) is 0 Å². The van der Waals surface area contributed by atoms with Crippen molar-refractivity contribution in [3.63, 3.8) is 0 Å².